The van der Waals surface area contributed by atoms with Gasteiger partial charge in [0.1, 0.15) is 0 Å². The summed E-state index contributed by atoms with van der Waals surface area (Å²) in [6, 6.07) is 0. The Morgan fingerprint density at radius 2 is 1.89 bits per heavy atom. The fourth-order valence-corrected chi connectivity index (χ4v) is 3.49. The Morgan fingerprint density at radius 3 is 2.56 bits per heavy atom. The van der Waals surface area contributed by atoms with Crippen molar-refractivity contribution in [2.45, 2.75) is 38.1 Å². The Hall–Kier alpha value is -0.160. The average Bonchev–Trinajstić information content (AvgIpc) is 2.64. The van der Waals surface area contributed by atoms with Crippen LogP contribution in [-0.4, -0.2) is 72.9 Å². The molecule has 0 spiro atoms. The normalized spacial score (nSPS) is 32.3. The standard InChI is InChI=1S/C14H29N3O/c1-2-8-16-9-3-4-14(13-18,5-10-16)17-11-6-15-7-12-17/h15,18H,2-13H2,1H3. The monoisotopic (exact) mass is 255 g/mol. The van der Waals surface area contributed by atoms with Crippen LogP contribution in [-0.2, 0) is 0 Å². The maximum Gasteiger partial charge on any atom is 0.0615 e. The molecule has 0 bridgehead atoms. The van der Waals surface area contributed by atoms with Gasteiger partial charge in [-0.3, -0.25) is 4.90 Å². The van der Waals surface area contributed by atoms with Crippen molar-refractivity contribution < 1.29 is 5.11 Å². The summed E-state index contributed by atoms with van der Waals surface area (Å²) < 4.78 is 0. The highest BCUT2D eigenvalue weighted by molar-refractivity contribution is 4.94. The van der Waals surface area contributed by atoms with E-state index in [1.807, 2.05) is 0 Å². The smallest absolute Gasteiger partial charge is 0.0615 e. The highest BCUT2D eigenvalue weighted by Crippen LogP contribution is 2.29. The van der Waals surface area contributed by atoms with Crippen LogP contribution in [0.1, 0.15) is 32.6 Å². The number of hydrogen-bond acceptors (Lipinski definition) is 4. The van der Waals surface area contributed by atoms with Gasteiger partial charge in [-0.15, -0.1) is 0 Å². The molecular weight excluding hydrogens is 226 g/mol. The van der Waals surface area contributed by atoms with E-state index in [4.69, 9.17) is 0 Å². The Balaban J connectivity index is 1.98. The molecule has 0 aromatic carbocycles. The first-order chi connectivity index (χ1) is 8.80. The second-order valence-electron chi connectivity index (χ2n) is 5.81. The molecule has 106 valence electrons. The predicted molar refractivity (Wildman–Crippen MR) is 74.8 cm³/mol. The van der Waals surface area contributed by atoms with Crippen molar-refractivity contribution in [2.24, 2.45) is 0 Å². The number of aliphatic hydroxyl groups excluding tert-OH is 1. The molecule has 0 radical (unpaired) electrons. The SMILES string of the molecule is CCCN1CCCC(CO)(N2CCNCC2)CC1. The number of likely N-dealkylation sites (tertiary alicyclic amines) is 1. The van der Waals surface area contributed by atoms with Gasteiger partial charge in [0.05, 0.1) is 6.61 Å². The minimum Gasteiger partial charge on any atom is -0.394 e. The summed E-state index contributed by atoms with van der Waals surface area (Å²) in [5.74, 6) is 0. The van der Waals surface area contributed by atoms with E-state index in [0.29, 0.717) is 6.61 Å². The third-order valence-electron chi connectivity index (χ3n) is 4.63. The lowest BCUT2D eigenvalue weighted by molar-refractivity contribution is 0.00935. The zero-order valence-corrected chi connectivity index (χ0v) is 11.8. The van der Waals surface area contributed by atoms with Gasteiger partial charge >= 0.3 is 0 Å². The summed E-state index contributed by atoms with van der Waals surface area (Å²) in [7, 11) is 0. The third-order valence-corrected chi connectivity index (χ3v) is 4.63. The summed E-state index contributed by atoms with van der Waals surface area (Å²) >= 11 is 0. The van der Waals surface area contributed by atoms with E-state index < -0.39 is 0 Å². The van der Waals surface area contributed by atoms with Gasteiger partial charge in [0.15, 0.2) is 0 Å². The molecule has 0 aliphatic carbocycles. The van der Waals surface area contributed by atoms with Crippen LogP contribution in [0.15, 0.2) is 0 Å². The quantitative estimate of drug-likeness (QED) is 0.768. The van der Waals surface area contributed by atoms with E-state index in [1.54, 1.807) is 0 Å². The highest BCUT2D eigenvalue weighted by atomic mass is 16.3. The van der Waals surface area contributed by atoms with E-state index in [0.717, 1.165) is 45.6 Å². The van der Waals surface area contributed by atoms with Crippen LogP contribution in [0.5, 0.6) is 0 Å². The van der Waals surface area contributed by atoms with Gasteiger partial charge < -0.3 is 15.3 Å². The predicted octanol–water partition coefficient (Wildman–Crippen LogP) is 0.519. The van der Waals surface area contributed by atoms with Crippen LogP contribution >= 0.6 is 0 Å². The molecule has 2 aliphatic heterocycles. The number of nitrogens with one attached hydrogen (secondary N) is 1. The lowest BCUT2D eigenvalue weighted by atomic mass is 9.88. The maximum atomic E-state index is 9.95. The molecule has 0 aromatic heterocycles. The van der Waals surface area contributed by atoms with E-state index in [2.05, 4.69) is 22.0 Å². The van der Waals surface area contributed by atoms with Crippen molar-refractivity contribution in [3.8, 4) is 0 Å². The molecule has 2 heterocycles. The molecule has 0 saturated carbocycles. The maximum absolute atomic E-state index is 9.95. The van der Waals surface area contributed by atoms with Crippen molar-refractivity contribution in [2.75, 3.05) is 52.4 Å². The van der Waals surface area contributed by atoms with Gasteiger partial charge in [0.25, 0.3) is 0 Å². The van der Waals surface area contributed by atoms with Gasteiger partial charge in [-0.05, 0) is 45.3 Å². The minimum absolute atomic E-state index is 0.0601. The number of rotatable bonds is 4. The van der Waals surface area contributed by atoms with Crippen molar-refractivity contribution in [3.05, 3.63) is 0 Å². The van der Waals surface area contributed by atoms with Crippen molar-refractivity contribution in [1.29, 1.82) is 0 Å². The van der Waals surface area contributed by atoms with Crippen LogP contribution in [0, 0.1) is 0 Å². The van der Waals surface area contributed by atoms with Crippen LogP contribution in [0.2, 0.25) is 0 Å². The molecule has 0 aromatic rings. The minimum atomic E-state index is 0.0601. The average molecular weight is 255 g/mol. The number of piperazine rings is 1. The van der Waals surface area contributed by atoms with Crippen LogP contribution in [0.4, 0.5) is 0 Å². The first kappa shape index (κ1) is 14.3. The fourth-order valence-electron chi connectivity index (χ4n) is 3.49. The number of hydrogen-bond donors (Lipinski definition) is 2. The second-order valence-corrected chi connectivity index (χ2v) is 5.81. The first-order valence-electron chi connectivity index (χ1n) is 7.60. The Labute approximate surface area is 111 Å². The molecule has 1 atom stereocenters. The Kier molecular flexibility index (Phi) is 5.42. The summed E-state index contributed by atoms with van der Waals surface area (Å²) in [6.45, 7) is 10.5. The molecule has 2 fully saturated rings. The molecule has 2 aliphatic rings. The van der Waals surface area contributed by atoms with E-state index >= 15 is 0 Å². The van der Waals surface area contributed by atoms with Crippen molar-refractivity contribution in [3.63, 3.8) is 0 Å². The molecule has 4 heteroatoms. The molecule has 18 heavy (non-hydrogen) atoms. The number of nitrogens with zero attached hydrogens (tertiary/aromatic N) is 2. The lowest BCUT2D eigenvalue weighted by Crippen LogP contribution is -2.58. The zero-order valence-electron chi connectivity index (χ0n) is 11.8. The molecule has 0 amide bonds. The Bertz CT molecular complexity index is 243. The van der Waals surface area contributed by atoms with Gasteiger partial charge in [-0.2, -0.15) is 0 Å². The summed E-state index contributed by atoms with van der Waals surface area (Å²) in [5, 5.41) is 13.4. The Morgan fingerprint density at radius 1 is 1.11 bits per heavy atom. The van der Waals surface area contributed by atoms with E-state index in [1.165, 1.54) is 25.9 Å². The topological polar surface area (TPSA) is 38.7 Å². The molecule has 2 rings (SSSR count). The highest BCUT2D eigenvalue weighted by Gasteiger charge is 2.37. The van der Waals surface area contributed by atoms with Gasteiger partial charge in [-0.25, -0.2) is 0 Å². The molecule has 4 nitrogen and oxygen atoms in total. The van der Waals surface area contributed by atoms with E-state index in [-0.39, 0.29) is 5.54 Å². The molecule has 2 saturated heterocycles. The summed E-state index contributed by atoms with van der Waals surface area (Å²) in [6.07, 6.45) is 4.75. The molecular formula is C14H29N3O. The fraction of sp³-hybridized carbons (Fsp3) is 1.00. The summed E-state index contributed by atoms with van der Waals surface area (Å²) in [5.41, 5.74) is 0.0601. The molecule has 1 unspecified atom stereocenters. The van der Waals surface area contributed by atoms with E-state index in [9.17, 15) is 5.11 Å². The lowest BCUT2D eigenvalue weighted by Gasteiger charge is -2.44. The van der Waals surface area contributed by atoms with Crippen molar-refractivity contribution in [1.82, 2.24) is 15.1 Å². The third kappa shape index (κ3) is 3.23. The van der Waals surface area contributed by atoms with Crippen LogP contribution < -0.4 is 5.32 Å². The van der Waals surface area contributed by atoms with Crippen molar-refractivity contribution >= 4 is 0 Å². The van der Waals surface area contributed by atoms with Gasteiger partial charge in [0.2, 0.25) is 0 Å². The summed E-state index contributed by atoms with van der Waals surface area (Å²) in [4.78, 5) is 5.11. The van der Waals surface area contributed by atoms with Crippen LogP contribution in [0.3, 0.4) is 0 Å². The zero-order chi connectivity index (χ0) is 12.8. The molecule has 2 N–H and O–H groups in total. The largest absolute Gasteiger partial charge is 0.394 e. The van der Waals surface area contributed by atoms with Crippen LogP contribution in [0.25, 0.3) is 0 Å². The van der Waals surface area contributed by atoms with Gasteiger partial charge in [-0.1, -0.05) is 6.92 Å². The second kappa shape index (κ2) is 6.85. The number of aliphatic hydroxyl groups is 1. The first-order valence-corrected chi connectivity index (χ1v) is 7.60. The van der Waals surface area contributed by atoms with Gasteiger partial charge in [0, 0.05) is 31.7 Å².